The molecule has 0 saturated carbocycles. The maximum atomic E-state index is 6.07. The Kier molecular flexibility index (Phi) is 6.72. The first-order chi connectivity index (χ1) is 8.54. The standard InChI is InChI=1S/C15H24BrNO/c1-5-8-17-10-15(11(2)3)18-13-6-7-14(16)12(4)9-13/h6-7,9,11,15,17H,5,8,10H2,1-4H3. The van der Waals surface area contributed by atoms with Crippen LogP contribution in [0.2, 0.25) is 0 Å². The van der Waals surface area contributed by atoms with Crippen LogP contribution in [0, 0.1) is 12.8 Å². The first-order valence-corrected chi connectivity index (χ1v) is 7.47. The van der Waals surface area contributed by atoms with Gasteiger partial charge < -0.3 is 10.1 Å². The molecule has 0 heterocycles. The molecule has 3 heteroatoms. The Morgan fingerprint density at radius 1 is 1.33 bits per heavy atom. The summed E-state index contributed by atoms with van der Waals surface area (Å²) >= 11 is 3.51. The molecule has 0 bridgehead atoms. The number of hydrogen-bond donors (Lipinski definition) is 1. The highest BCUT2D eigenvalue weighted by molar-refractivity contribution is 9.10. The van der Waals surface area contributed by atoms with Crippen molar-refractivity contribution in [2.45, 2.75) is 40.2 Å². The summed E-state index contributed by atoms with van der Waals surface area (Å²) in [6.07, 6.45) is 1.37. The number of nitrogens with one attached hydrogen (secondary N) is 1. The zero-order valence-electron chi connectivity index (χ0n) is 11.8. The van der Waals surface area contributed by atoms with Crippen molar-refractivity contribution in [3.05, 3.63) is 28.2 Å². The molecule has 0 radical (unpaired) electrons. The molecule has 0 aliphatic rings. The Morgan fingerprint density at radius 2 is 2.06 bits per heavy atom. The van der Waals surface area contributed by atoms with E-state index in [2.05, 4.69) is 55.0 Å². The van der Waals surface area contributed by atoms with E-state index in [1.54, 1.807) is 0 Å². The molecule has 18 heavy (non-hydrogen) atoms. The summed E-state index contributed by atoms with van der Waals surface area (Å²) in [5.74, 6) is 1.45. The van der Waals surface area contributed by atoms with Gasteiger partial charge in [0.15, 0.2) is 0 Å². The van der Waals surface area contributed by atoms with E-state index in [0.29, 0.717) is 5.92 Å². The Bertz CT molecular complexity index is 366. The van der Waals surface area contributed by atoms with E-state index in [9.17, 15) is 0 Å². The van der Waals surface area contributed by atoms with Crippen molar-refractivity contribution in [2.24, 2.45) is 5.92 Å². The molecule has 0 aliphatic heterocycles. The van der Waals surface area contributed by atoms with Crippen molar-refractivity contribution in [3.63, 3.8) is 0 Å². The minimum Gasteiger partial charge on any atom is -0.489 e. The average Bonchev–Trinajstić information content (AvgIpc) is 2.32. The van der Waals surface area contributed by atoms with Gasteiger partial charge in [-0.05, 0) is 49.6 Å². The summed E-state index contributed by atoms with van der Waals surface area (Å²) in [7, 11) is 0. The lowest BCUT2D eigenvalue weighted by Gasteiger charge is -2.23. The maximum Gasteiger partial charge on any atom is 0.120 e. The zero-order chi connectivity index (χ0) is 13.5. The molecule has 1 rings (SSSR count). The fourth-order valence-corrected chi connectivity index (χ4v) is 1.95. The summed E-state index contributed by atoms with van der Waals surface area (Å²) < 4.78 is 7.20. The van der Waals surface area contributed by atoms with E-state index < -0.39 is 0 Å². The van der Waals surface area contributed by atoms with Gasteiger partial charge in [0, 0.05) is 11.0 Å². The SMILES string of the molecule is CCCNCC(Oc1ccc(Br)c(C)c1)C(C)C. The Balaban J connectivity index is 2.61. The smallest absolute Gasteiger partial charge is 0.120 e. The van der Waals surface area contributed by atoms with Crippen LogP contribution in [0.5, 0.6) is 5.75 Å². The second-order valence-corrected chi connectivity index (χ2v) is 5.87. The lowest BCUT2D eigenvalue weighted by atomic mass is 10.1. The van der Waals surface area contributed by atoms with Gasteiger partial charge in [0.1, 0.15) is 11.9 Å². The summed E-state index contributed by atoms with van der Waals surface area (Å²) in [6, 6.07) is 6.15. The molecule has 1 N–H and O–H groups in total. The van der Waals surface area contributed by atoms with Crippen LogP contribution < -0.4 is 10.1 Å². The average molecular weight is 314 g/mol. The first kappa shape index (κ1) is 15.5. The zero-order valence-corrected chi connectivity index (χ0v) is 13.4. The highest BCUT2D eigenvalue weighted by Gasteiger charge is 2.15. The van der Waals surface area contributed by atoms with Gasteiger partial charge in [-0.15, -0.1) is 0 Å². The molecule has 1 aromatic carbocycles. The monoisotopic (exact) mass is 313 g/mol. The molecule has 2 nitrogen and oxygen atoms in total. The van der Waals surface area contributed by atoms with E-state index in [-0.39, 0.29) is 6.10 Å². The minimum absolute atomic E-state index is 0.220. The van der Waals surface area contributed by atoms with Crippen LogP contribution >= 0.6 is 15.9 Å². The molecular weight excluding hydrogens is 290 g/mol. The third-order valence-electron chi connectivity index (χ3n) is 2.93. The van der Waals surface area contributed by atoms with Gasteiger partial charge in [-0.2, -0.15) is 0 Å². The van der Waals surface area contributed by atoms with Crippen molar-refractivity contribution in [1.82, 2.24) is 5.32 Å². The molecule has 0 amide bonds. The van der Waals surface area contributed by atoms with Crippen LogP contribution in [0.3, 0.4) is 0 Å². The largest absolute Gasteiger partial charge is 0.489 e. The molecule has 102 valence electrons. The van der Waals surface area contributed by atoms with Crippen LogP contribution in [0.4, 0.5) is 0 Å². The van der Waals surface area contributed by atoms with E-state index in [1.807, 2.05) is 12.1 Å². The molecule has 0 fully saturated rings. The Morgan fingerprint density at radius 3 is 2.61 bits per heavy atom. The minimum atomic E-state index is 0.220. The second-order valence-electron chi connectivity index (χ2n) is 5.02. The highest BCUT2D eigenvalue weighted by Crippen LogP contribution is 2.23. The Labute approximate surface area is 119 Å². The number of hydrogen-bond acceptors (Lipinski definition) is 2. The number of ether oxygens (including phenoxy) is 1. The summed E-state index contributed by atoms with van der Waals surface area (Å²) in [4.78, 5) is 0. The lowest BCUT2D eigenvalue weighted by molar-refractivity contribution is 0.149. The molecule has 1 unspecified atom stereocenters. The molecule has 0 saturated heterocycles. The van der Waals surface area contributed by atoms with Gasteiger partial charge in [0.05, 0.1) is 0 Å². The van der Waals surface area contributed by atoms with Gasteiger partial charge in [-0.3, -0.25) is 0 Å². The van der Waals surface area contributed by atoms with Crippen molar-refractivity contribution in [1.29, 1.82) is 0 Å². The van der Waals surface area contributed by atoms with Gasteiger partial charge in [-0.1, -0.05) is 36.7 Å². The van der Waals surface area contributed by atoms with E-state index in [1.165, 1.54) is 5.56 Å². The highest BCUT2D eigenvalue weighted by atomic mass is 79.9. The first-order valence-electron chi connectivity index (χ1n) is 6.68. The molecule has 1 aromatic rings. The van der Waals surface area contributed by atoms with Crippen molar-refractivity contribution >= 4 is 15.9 Å². The van der Waals surface area contributed by atoms with Crippen LogP contribution in [0.1, 0.15) is 32.8 Å². The predicted octanol–water partition coefficient (Wildman–Crippen LogP) is 4.16. The van der Waals surface area contributed by atoms with Crippen LogP contribution in [-0.2, 0) is 0 Å². The molecule has 0 spiro atoms. The van der Waals surface area contributed by atoms with Crippen molar-refractivity contribution in [3.8, 4) is 5.75 Å². The van der Waals surface area contributed by atoms with Crippen LogP contribution in [-0.4, -0.2) is 19.2 Å². The quantitative estimate of drug-likeness (QED) is 0.763. The third kappa shape index (κ3) is 4.99. The third-order valence-corrected chi connectivity index (χ3v) is 3.82. The number of benzene rings is 1. The topological polar surface area (TPSA) is 21.3 Å². The maximum absolute atomic E-state index is 6.07. The van der Waals surface area contributed by atoms with Crippen molar-refractivity contribution in [2.75, 3.05) is 13.1 Å². The normalized spacial score (nSPS) is 12.8. The van der Waals surface area contributed by atoms with E-state index in [4.69, 9.17) is 4.74 Å². The van der Waals surface area contributed by atoms with Gasteiger partial charge in [0.2, 0.25) is 0 Å². The molecule has 0 aromatic heterocycles. The fourth-order valence-electron chi connectivity index (χ4n) is 1.70. The lowest BCUT2D eigenvalue weighted by Crippen LogP contribution is -2.35. The number of halogens is 1. The summed E-state index contributed by atoms with van der Waals surface area (Å²) in [5.41, 5.74) is 1.21. The van der Waals surface area contributed by atoms with Crippen LogP contribution in [0.15, 0.2) is 22.7 Å². The Hall–Kier alpha value is -0.540. The number of rotatable bonds is 7. The van der Waals surface area contributed by atoms with Gasteiger partial charge in [0.25, 0.3) is 0 Å². The van der Waals surface area contributed by atoms with Gasteiger partial charge >= 0.3 is 0 Å². The summed E-state index contributed by atoms with van der Waals surface area (Å²) in [5, 5.41) is 3.43. The molecule has 0 aliphatic carbocycles. The van der Waals surface area contributed by atoms with Gasteiger partial charge in [-0.25, -0.2) is 0 Å². The molecule has 1 atom stereocenters. The second kappa shape index (κ2) is 7.80. The summed E-state index contributed by atoms with van der Waals surface area (Å²) in [6.45, 7) is 10.6. The van der Waals surface area contributed by atoms with E-state index in [0.717, 1.165) is 29.7 Å². The molecular formula is C15H24BrNO. The van der Waals surface area contributed by atoms with Crippen LogP contribution in [0.25, 0.3) is 0 Å². The van der Waals surface area contributed by atoms with E-state index >= 15 is 0 Å². The predicted molar refractivity (Wildman–Crippen MR) is 81.3 cm³/mol. The number of aryl methyl sites for hydroxylation is 1. The fraction of sp³-hybridized carbons (Fsp3) is 0.600. The van der Waals surface area contributed by atoms with Crippen molar-refractivity contribution < 1.29 is 4.74 Å².